The fourth-order valence-electron chi connectivity index (χ4n) is 4.02. The number of hydrogen-bond donors (Lipinski definition) is 0. The Hall–Kier alpha value is -4.77. The van der Waals surface area contributed by atoms with Crippen molar-refractivity contribution < 1.29 is 4.42 Å². The van der Waals surface area contributed by atoms with E-state index in [2.05, 4.69) is 57.8 Å². The van der Waals surface area contributed by atoms with Gasteiger partial charge in [-0.25, -0.2) is 4.68 Å². The van der Waals surface area contributed by atoms with Gasteiger partial charge in [0.25, 0.3) is 5.89 Å². The van der Waals surface area contributed by atoms with E-state index >= 15 is 0 Å². The molecule has 0 aliphatic heterocycles. The van der Waals surface area contributed by atoms with E-state index in [0.717, 1.165) is 39.2 Å². The monoisotopic (exact) mass is 440 g/mol. The van der Waals surface area contributed by atoms with E-state index in [4.69, 9.17) is 4.42 Å². The lowest BCUT2D eigenvalue weighted by Crippen LogP contribution is -2.00. The second kappa shape index (κ2) is 8.64. The summed E-state index contributed by atoms with van der Waals surface area (Å²) in [7, 11) is 0. The van der Waals surface area contributed by atoms with Crippen LogP contribution in [0.4, 0.5) is 0 Å². The van der Waals surface area contributed by atoms with Crippen molar-refractivity contribution in [2.75, 3.05) is 0 Å². The van der Waals surface area contributed by atoms with Gasteiger partial charge >= 0.3 is 0 Å². The quantitative estimate of drug-likeness (QED) is 0.292. The van der Waals surface area contributed by atoms with Crippen molar-refractivity contribution in [3.8, 4) is 51.0 Å². The molecule has 0 saturated heterocycles. The van der Waals surface area contributed by atoms with Gasteiger partial charge in [-0.1, -0.05) is 78.9 Å². The van der Waals surface area contributed by atoms with Gasteiger partial charge in [0.1, 0.15) is 5.69 Å². The van der Waals surface area contributed by atoms with Gasteiger partial charge in [-0.2, -0.15) is 5.10 Å². The normalized spacial score (nSPS) is 10.9. The van der Waals surface area contributed by atoms with Crippen LogP contribution in [-0.2, 0) is 0 Å². The molecule has 162 valence electrons. The van der Waals surface area contributed by atoms with Crippen molar-refractivity contribution in [1.29, 1.82) is 0 Å². The van der Waals surface area contributed by atoms with Crippen molar-refractivity contribution in [1.82, 2.24) is 20.0 Å². The number of nitrogens with zero attached hydrogens (tertiary/aromatic N) is 4. The molecule has 6 rings (SSSR count). The summed E-state index contributed by atoms with van der Waals surface area (Å²) >= 11 is 0. The first-order valence-electron chi connectivity index (χ1n) is 11.0. The van der Waals surface area contributed by atoms with Crippen LogP contribution in [0.3, 0.4) is 0 Å². The third-order valence-electron chi connectivity index (χ3n) is 5.68. The standard InChI is InChI=1S/C29H20N4O/c1-4-10-21(11-5-1)24-18-25(22-12-6-2-7-13-22)20-26(19-24)33-27(16-17-30-33)29-32-31-28(34-29)23-14-8-3-9-15-23/h1-20H. The van der Waals surface area contributed by atoms with Crippen LogP contribution in [0.15, 0.2) is 126 Å². The number of aromatic nitrogens is 4. The van der Waals surface area contributed by atoms with Crippen LogP contribution in [0.5, 0.6) is 0 Å². The van der Waals surface area contributed by atoms with E-state index < -0.39 is 0 Å². The molecule has 0 aliphatic carbocycles. The summed E-state index contributed by atoms with van der Waals surface area (Å²) in [6, 6.07) is 38.8. The molecule has 0 saturated carbocycles. The van der Waals surface area contributed by atoms with E-state index in [1.165, 1.54) is 0 Å². The highest BCUT2D eigenvalue weighted by Gasteiger charge is 2.17. The first-order chi connectivity index (χ1) is 16.8. The predicted octanol–water partition coefficient (Wildman–Crippen LogP) is 6.92. The van der Waals surface area contributed by atoms with Crippen LogP contribution in [0.2, 0.25) is 0 Å². The third kappa shape index (κ3) is 3.80. The van der Waals surface area contributed by atoms with Crippen LogP contribution < -0.4 is 0 Å². The lowest BCUT2D eigenvalue weighted by molar-refractivity contribution is 0.578. The third-order valence-corrected chi connectivity index (χ3v) is 5.68. The van der Waals surface area contributed by atoms with Gasteiger partial charge in [0, 0.05) is 5.56 Å². The van der Waals surface area contributed by atoms with Gasteiger partial charge in [0.2, 0.25) is 5.89 Å². The zero-order valence-electron chi connectivity index (χ0n) is 18.2. The molecule has 0 bridgehead atoms. The van der Waals surface area contributed by atoms with Crippen LogP contribution in [0, 0.1) is 0 Å². The molecule has 34 heavy (non-hydrogen) atoms. The summed E-state index contributed by atoms with van der Waals surface area (Å²) < 4.78 is 7.87. The van der Waals surface area contributed by atoms with E-state index in [9.17, 15) is 0 Å². The van der Waals surface area contributed by atoms with Crippen molar-refractivity contribution in [3.63, 3.8) is 0 Å². The molecule has 0 aliphatic rings. The number of benzene rings is 4. The van der Waals surface area contributed by atoms with Gasteiger partial charge in [0.05, 0.1) is 11.9 Å². The summed E-state index contributed by atoms with van der Waals surface area (Å²) in [6.45, 7) is 0. The molecule has 0 amide bonds. The Morgan fingerprint density at radius 3 is 1.62 bits per heavy atom. The lowest BCUT2D eigenvalue weighted by atomic mass is 9.98. The topological polar surface area (TPSA) is 56.7 Å². The Morgan fingerprint density at radius 2 is 1.03 bits per heavy atom. The number of rotatable bonds is 5. The van der Waals surface area contributed by atoms with Gasteiger partial charge in [-0.05, 0) is 58.7 Å². The smallest absolute Gasteiger partial charge is 0.266 e. The molecule has 2 heterocycles. The zero-order chi connectivity index (χ0) is 22.7. The Kier molecular flexibility index (Phi) is 5.05. The lowest BCUT2D eigenvalue weighted by Gasteiger charge is -2.12. The molecular formula is C29H20N4O. The molecule has 4 aromatic carbocycles. The first kappa shape index (κ1) is 19.9. The average Bonchev–Trinajstić information content (AvgIpc) is 3.60. The molecule has 6 aromatic rings. The maximum atomic E-state index is 6.02. The second-order valence-electron chi connectivity index (χ2n) is 7.91. The predicted molar refractivity (Wildman–Crippen MR) is 133 cm³/mol. The first-order valence-corrected chi connectivity index (χ1v) is 11.0. The van der Waals surface area contributed by atoms with Crippen molar-refractivity contribution in [2.45, 2.75) is 0 Å². The van der Waals surface area contributed by atoms with E-state index in [1.807, 2.05) is 77.5 Å². The van der Waals surface area contributed by atoms with E-state index in [1.54, 1.807) is 6.20 Å². The van der Waals surface area contributed by atoms with E-state index in [-0.39, 0.29) is 0 Å². The van der Waals surface area contributed by atoms with Crippen LogP contribution >= 0.6 is 0 Å². The van der Waals surface area contributed by atoms with Crippen molar-refractivity contribution >= 4 is 0 Å². The van der Waals surface area contributed by atoms with Gasteiger partial charge in [-0.3, -0.25) is 0 Å². The summed E-state index contributed by atoms with van der Waals surface area (Å²) in [5, 5.41) is 13.2. The highest BCUT2D eigenvalue weighted by atomic mass is 16.4. The van der Waals surface area contributed by atoms with Gasteiger partial charge < -0.3 is 4.42 Å². The molecule has 5 heteroatoms. The number of hydrogen-bond acceptors (Lipinski definition) is 4. The minimum Gasteiger partial charge on any atom is -0.415 e. The largest absolute Gasteiger partial charge is 0.415 e. The molecule has 0 spiro atoms. The molecule has 0 fully saturated rings. The summed E-state index contributed by atoms with van der Waals surface area (Å²) in [5.41, 5.74) is 7.02. The molecule has 0 N–H and O–H groups in total. The van der Waals surface area contributed by atoms with Crippen molar-refractivity contribution in [3.05, 3.63) is 121 Å². The van der Waals surface area contributed by atoms with Crippen LogP contribution in [0.25, 0.3) is 51.0 Å². The fourth-order valence-corrected chi connectivity index (χ4v) is 4.02. The Morgan fingerprint density at radius 1 is 0.500 bits per heavy atom. The Balaban J connectivity index is 1.48. The van der Waals surface area contributed by atoms with E-state index in [0.29, 0.717) is 11.8 Å². The molecule has 0 atom stereocenters. The molecule has 5 nitrogen and oxygen atoms in total. The maximum absolute atomic E-state index is 6.02. The highest BCUT2D eigenvalue weighted by molar-refractivity contribution is 5.76. The van der Waals surface area contributed by atoms with Crippen molar-refractivity contribution in [2.24, 2.45) is 0 Å². The van der Waals surface area contributed by atoms with Gasteiger partial charge in [-0.15, -0.1) is 10.2 Å². The second-order valence-corrected chi connectivity index (χ2v) is 7.91. The molecular weight excluding hydrogens is 420 g/mol. The maximum Gasteiger partial charge on any atom is 0.266 e. The van der Waals surface area contributed by atoms with Crippen LogP contribution in [0.1, 0.15) is 0 Å². The Labute approximate surface area is 197 Å². The minimum absolute atomic E-state index is 0.419. The Bertz CT molecular complexity index is 1480. The average molecular weight is 441 g/mol. The highest BCUT2D eigenvalue weighted by Crippen LogP contribution is 2.32. The van der Waals surface area contributed by atoms with Crippen LogP contribution in [-0.4, -0.2) is 20.0 Å². The summed E-state index contributed by atoms with van der Waals surface area (Å²) in [5.74, 6) is 0.897. The summed E-state index contributed by atoms with van der Waals surface area (Å²) in [6.07, 6.45) is 1.75. The molecule has 0 radical (unpaired) electrons. The fraction of sp³-hybridized carbons (Fsp3) is 0. The minimum atomic E-state index is 0.419. The summed E-state index contributed by atoms with van der Waals surface area (Å²) in [4.78, 5) is 0. The molecule has 2 aromatic heterocycles. The molecule has 0 unspecified atom stereocenters. The SMILES string of the molecule is c1ccc(-c2cc(-c3ccccc3)cc(-n3nccc3-c3nnc(-c4ccccc4)o3)c2)cc1. The van der Waals surface area contributed by atoms with Gasteiger partial charge in [0.15, 0.2) is 0 Å². The zero-order valence-corrected chi connectivity index (χ0v) is 18.2.